The van der Waals surface area contributed by atoms with E-state index in [9.17, 15) is 18.0 Å². The Hall–Kier alpha value is -1.64. The normalized spacial score (nSPS) is 29.2. The van der Waals surface area contributed by atoms with Crippen LogP contribution in [0.1, 0.15) is 69.2 Å². The maximum atomic E-state index is 12.6. The summed E-state index contributed by atoms with van der Waals surface area (Å²) in [7, 11) is -3.77. The molecule has 1 aromatic rings. The third-order valence-corrected chi connectivity index (χ3v) is 8.89. The summed E-state index contributed by atoms with van der Waals surface area (Å²) in [5.41, 5.74) is 4.97. The van der Waals surface area contributed by atoms with Crippen molar-refractivity contribution in [1.82, 2.24) is 15.6 Å². The molecule has 170 valence electrons. The molecule has 3 N–H and O–H groups in total. The highest BCUT2D eigenvalue weighted by Gasteiger charge is 2.51. The summed E-state index contributed by atoms with van der Waals surface area (Å²) in [6.07, 6.45) is 7.65. The standard InChI is InChI=1S/C22H30ClN3O4S/c1-13(2)26-31(29,30)17-3-4-19(23)18(8-17)21(28)25-24-20(27)12-22-9-14-5-15(10-22)7-16(6-14)11-22/h3-4,8,13-16,26H,5-7,9-12H2,1-2H3,(H,24,27)(H,25,28). The Morgan fingerprint density at radius 3 is 2.19 bits per heavy atom. The maximum absolute atomic E-state index is 12.6. The van der Waals surface area contributed by atoms with Gasteiger partial charge in [0.15, 0.2) is 0 Å². The number of hydrazine groups is 1. The van der Waals surface area contributed by atoms with Crippen LogP contribution in [0.25, 0.3) is 0 Å². The van der Waals surface area contributed by atoms with E-state index in [1.165, 1.54) is 37.5 Å². The Morgan fingerprint density at radius 1 is 1.06 bits per heavy atom. The van der Waals surface area contributed by atoms with Gasteiger partial charge in [0.2, 0.25) is 15.9 Å². The SMILES string of the molecule is CC(C)NS(=O)(=O)c1ccc(Cl)c(C(=O)NNC(=O)CC23CC4CC(CC(C4)C2)C3)c1. The van der Waals surface area contributed by atoms with Crippen molar-refractivity contribution in [2.24, 2.45) is 23.2 Å². The molecule has 9 heteroatoms. The lowest BCUT2D eigenvalue weighted by Crippen LogP contribution is -2.50. The minimum atomic E-state index is -3.77. The molecule has 4 saturated carbocycles. The van der Waals surface area contributed by atoms with Gasteiger partial charge in [0.1, 0.15) is 0 Å². The van der Waals surface area contributed by atoms with Crippen LogP contribution in [-0.4, -0.2) is 26.3 Å². The Kier molecular flexibility index (Phi) is 6.09. The molecule has 0 heterocycles. The monoisotopic (exact) mass is 467 g/mol. The van der Waals surface area contributed by atoms with Crippen LogP contribution in [0.15, 0.2) is 23.1 Å². The lowest BCUT2D eigenvalue weighted by Gasteiger charge is -2.56. The van der Waals surface area contributed by atoms with E-state index >= 15 is 0 Å². The van der Waals surface area contributed by atoms with Crippen LogP contribution >= 0.6 is 11.6 Å². The Balaban J connectivity index is 1.39. The topological polar surface area (TPSA) is 104 Å². The highest BCUT2D eigenvalue weighted by molar-refractivity contribution is 7.89. The second kappa shape index (κ2) is 8.37. The van der Waals surface area contributed by atoms with E-state index in [4.69, 9.17) is 11.6 Å². The van der Waals surface area contributed by atoms with Crippen LogP contribution in [0, 0.1) is 23.2 Å². The number of amides is 2. The maximum Gasteiger partial charge on any atom is 0.271 e. The zero-order chi connectivity index (χ0) is 22.4. The van der Waals surface area contributed by atoms with Gasteiger partial charge in [-0.3, -0.25) is 20.4 Å². The molecule has 0 radical (unpaired) electrons. The van der Waals surface area contributed by atoms with Gasteiger partial charge in [0.25, 0.3) is 5.91 Å². The Bertz CT molecular complexity index is 957. The number of hydrogen-bond acceptors (Lipinski definition) is 4. The first-order valence-corrected chi connectivity index (χ1v) is 12.8. The van der Waals surface area contributed by atoms with Gasteiger partial charge >= 0.3 is 0 Å². The summed E-state index contributed by atoms with van der Waals surface area (Å²) in [5, 5.41) is 0.108. The zero-order valence-corrected chi connectivity index (χ0v) is 19.5. The minimum absolute atomic E-state index is 0.0107. The Labute approximate surface area is 188 Å². The van der Waals surface area contributed by atoms with Crippen molar-refractivity contribution in [2.45, 2.75) is 69.7 Å². The first-order chi connectivity index (χ1) is 14.6. The van der Waals surface area contributed by atoms with Crippen molar-refractivity contribution >= 4 is 33.4 Å². The van der Waals surface area contributed by atoms with Crippen molar-refractivity contribution in [1.29, 1.82) is 0 Å². The summed E-state index contributed by atoms with van der Waals surface area (Å²) in [6.45, 7) is 3.42. The average Bonchev–Trinajstić information content (AvgIpc) is 2.63. The molecule has 0 aliphatic heterocycles. The van der Waals surface area contributed by atoms with Crippen LogP contribution in [0.2, 0.25) is 5.02 Å². The van der Waals surface area contributed by atoms with Gasteiger partial charge in [-0.05, 0) is 93.7 Å². The Morgan fingerprint density at radius 2 is 1.65 bits per heavy atom. The molecule has 4 aliphatic rings. The number of benzene rings is 1. The van der Waals surface area contributed by atoms with Gasteiger partial charge in [-0.25, -0.2) is 13.1 Å². The predicted octanol–water partition coefficient (Wildman–Crippen LogP) is 3.39. The number of carbonyl (C=O) groups is 2. The minimum Gasteiger partial charge on any atom is -0.273 e. The van der Waals surface area contributed by atoms with Crippen molar-refractivity contribution < 1.29 is 18.0 Å². The molecule has 0 spiro atoms. The van der Waals surface area contributed by atoms with Crippen molar-refractivity contribution in [3.05, 3.63) is 28.8 Å². The van der Waals surface area contributed by atoms with Crippen molar-refractivity contribution in [3.8, 4) is 0 Å². The van der Waals surface area contributed by atoms with E-state index in [1.807, 2.05) is 0 Å². The summed E-state index contributed by atoms with van der Waals surface area (Å²) in [4.78, 5) is 25.2. The van der Waals surface area contributed by atoms with Gasteiger partial charge in [-0.2, -0.15) is 0 Å². The second-order valence-electron chi connectivity index (χ2n) is 10.0. The third kappa shape index (κ3) is 4.91. The predicted molar refractivity (Wildman–Crippen MR) is 118 cm³/mol. The fourth-order valence-electron chi connectivity index (χ4n) is 6.31. The molecule has 4 bridgehead atoms. The molecule has 0 unspecified atom stereocenters. The summed E-state index contributed by atoms with van der Waals surface area (Å²) in [6, 6.07) is 3.63. The molecule has 5 rings (SSSR count). The molecule has 2 amide bonds. The molecular formula is C22H30ClN3O4S. The number of nitrogens with one attached hydrogen (secondary N) is 3. The van der Waals surface area contributed by atoms with E-state index in [2.05, 4.69) is 15.6 Å². The largest absolute Gasteiger partial charge is 0.273 e. The number of sulfonamides is 1. The molecule has 1 aromatic carbocycles. The molecule has 4 aliphatic carbocycles. The van der Waals surface area contributed by atoms with Crippen LogP contribution in [0.3, 0.4) is 0 Å². The second-order valence-corrected chi connectivity index (χ2v) is 12.1. The van der Waals surface area contributed by atoms with Gasteiger partial charge in [0.05, 0.1) is 15.5 Å². The zero-order valence-electron chi connectivity index (χ0n) is 17.9. The van der Waals surface area contributed by atoms with Crippen LogP contribution in [0.4, 0.5) is 0 Å². The summed E-state index contributed by atoms with van der Waals surface area (Å²) < 4.78 is 27.3. The quantitative estimate of drug-likeness (QED) is 0.557. The lowest BCUT2D eigenvalue weighted by molar-refractivity contribution is -0.130. The highest BCUT2D eigenvalue weighted by Crippen LogP contribution is 2.61. The average molecular weight is 468 g/mol. The van der Waals surface area contributed by atoms with Gasteiger partial charge in [0, 0.05) is 12.5 Å². The van der Waals surface area contributed by atoms with E-state index in [1.54, 1.807) is 13.8 Å². The van der Waals surface area contributed by atoms with E-state index in [-0.39, 0.29) is 32.8 Å². The summed E-state index contributed by atoms with van der Waals surface area (Å²) >= 11 is 6.12. The molecule has 0 aromatic heterocycles. The van der Waals surface area contributed by atoms with E-state index in [0.29, 0.717) is 6.42 Å². The van der Waals surface area contributed by atoms with Gasteiger partial charge in [-0.1, -0.05) is 11.6 Å². The van der Waals surface area contributed by atoms with E-state index < -0.39 is 15.9 Å². The number of rotatable bonds is 6. The smallest absolute Gasteiger partial charge is 0.271 e. The fraction of sp³-hybridized carbons (Fsp3) is 0.636. The lowest BCUT2D eigenvalue weighted by atomic mass is 9.49. The summed E-state index contributed by atoms with van der Waals surface area (Å²) in [5.74, 6) is 1.38. The number of carbonyl (C=O) groups excluding carboxylic acids is 2. The van der Waals surface area contributed by atoms with Crippen molar-refractivity contribution in [3.63, 3.8) is 0 Å². The van der Waals surface area contributed by atoms with E-state index in [0.717, 1.165) is 37.0 Å². The van der Waals surface area contributed by atoms with Gasteiger partial charge in [-0.15, -0.1) is 0 Å². The van der Waals surface area contributed by atoms with Crippen LogP contribution in [0.5, 0.6) is 0 Å². The van der Waals surface area contributed by atoms with Crippen LogP contribution < -0.4 is 15.6 Å². The first kappa shape index (κ1) is 22.6. The van der Waals surface area contributed by atoms with Gasteiger partial charge < -0.3 is 0 Å². The molecule has 0 atom stereocenters. The molecule has 31 heavy (non-hydrogen) atoms. The molecule has 4 fully saturated rings. The fourth-order valence-corrected chi connectivity index (χ4v) is 7.79. The van der Waals surface area contributed by atoms with Crippen molar-refractivity contribution in [2.75, 3.05) is 0 Å². The number of hydrogen-bond donors (Lipinski definition) is 3. The van der Waals surface area contributed by atoms with Crippen LogP contribution in [-0.2, 0) is 14.8 Å². The first-order valence-electron chi connectivity index (χ1n) is 11.0. The highest BCUT2D eigenvalue weighted by atomic mass is 35.5. The number of halogens is 1. The molecule has 0 saturated heterocycles. The molecular weight excluding hydrogens is 438 g/mol. The third-order valence-electron chi connectivity index (χ3n) is 6.90. The molecule has 7 nitrogen and oxygen atoms in total.